The molecule has 7 nitrogen and oxygen atoms in total. The Hall–Kier alpha value is -1.55. The molecule has 1 aromatic carbocycles. The van der Waals surface area contributed by atoms with Crippen molar-refractivity contribution in [3.63, 3.8) is 0 Å². The van der Waals surface area contributed by atoms with Gasteiger partial charge in [-0.15, -0.1) is 24.0 Å². The van der Waals surface area contributed by atoms with Gasteiger partial charge < -0.3 is 20.3 Å². The zero-order valence-corrected chi connectivity index (χ0v) is 21.3. The number of ether oxygens (including phenoxy) is 1. The van der Waals surface area contributed by atoms with Crippen LogP contribution in [0.15, 0.2) is 29.3 Å². The maximum absolute atomic E-state index is 12.3. The number of carbonyl (C=O) groups is 1. The monoisotopic (exact) mass is 531 g/mol. The number of guanidine groups is 1. The maximum Gasteiger partial charge on any atom is 0.239 e. The molecule has 1 amide bonds. The Balaban J connectivity index is 0.00000450. The van der Waals surface area contributed by atoms with Gasteiger partial charge in [-0.1, -0.05) is 12.1 Å². The lowest BCUT2D eigenvalue weighted by atomic mass is 10.2. The Labute approximate surface area is 198 Å². The number of halogens is 1. The first-order valence-corrected chi connectivity index (χ1v) is 10.5. The van der Waals surface area contributed by atoms with Gasteiger partial charge in [0, 0.05) is 34.2 Å². The number of rotatable bonds is 9. The summed E-state index contributed by atoms with van der Waals surface area (Å²) in [7, 11) is 5.44. The molecule has 1 aliphatic rings. The molecule has 2 rings (SSSR count). The Morgan fingerprint density at radius 1 is 1.37 bits per heavy atom. The van der Waals surface area contributed by atoms with Crippen LogP contribution in [0.2, 0.25) is 0 Å². The number of aliphatic imine (C=N–C) groups is 1. The minimum absolute atomic E-state index is 0. The van der Waals surface area contributed by atoms with Crippen LogP contribution in [0.1, 0.15) is 31.7 Å². The number of likely N-dealkylation sites (N-methyl/N-ethyl adjacent to an activating group) is 1. The molecule has 1 aliphatic heterocycles. The van der Waals surface area contributed by atoms with Crippen molar-refractivity contribution in [2.45, 2.75) is 45.3 Å². The van der Waals surface area contributed by atoms with Crippen molar-refractivity contribution in [1.29, 1.82) is 0 Å². The first kappa shape index (κ1) is 26.5. The third-order valence-corrected chi connectivity index (χ3v) is 5.11. The molecular weight excluding hydrogens is 493 g/mol. The van der Waals surface area contributed by atoms with Gasteiger partial charge in [-0.2, -0.15) is 0 Å². The topological polar surface area (TPSA) is 69.2 Å². The number of hydrogen-bond acceptors (Lipinski definition) is 4. The zero-order valence-electron chi connectivity index (χ0n) is 19.0. The summed E-state index contributed by atoms with van der Waals surface area (Å²) in [6.07, 6.45) is 3.05. The molecule has 1 saturated heterocycles. The van der Waals surface area contributed by atoms with E-state index in [4.69, 9.17) is 4.74 Å². The van der Waals surface area contributed by atoms with Crippen LogP contribution in [-0.4, -0.2) is 81.1 Å². The van der Waals surface area contributed by atoms with E-state index in [1.54, 1.807) is 11.9 Å². The third kappa shape index (κ3) is 8.67. The van der Waals surface area contributed by atoms with Gasteiger partial charge in [-0.25, -0.2) is 0 Å². The minimum atomic E-state index is 0. The Bertz CT molecular complexity index is 683. The second-order valence-electron chi connectivity index (χ2n) is 7.91. The highest BCUT2D eigenvalue weighted by molar-refractivity contribution is 14.0. The van der Waals surface area contributed by atoms with Gasteiger partial charge in [0.2, 0.25) is 5.91 Å². The molecule has 0 spiro atoms. The normalized spacial score (nSPS) is 17.8. The van der Waals surface area contributed by atoms with Crippen molar-refractivity contribution >= 4 is 35.8 Å². The van der Waals surface area contributed by atoms with E-state index in [0.717, 1.165) is 50.6 Å². The molecule has 1 heterocycles. The molecule has 8 heteroatoms. The number of likely N-dealkylation sites (tertiary alicyclic amines) is 1. The summed E-state index contributed by atoms with van der Waals surface area (Å²) in [5.41, 5.74) is 1.19. The van der Waals surface area contributed by atoms with Gasteiger partial charge in [0.05, 0.1) is 12.6 Å². The van der Waals surface area contributed by atoms with Gasteiger partial charge in [-0.3, -0.25) is 14.7 Å². The highest BCUT2D eigenvalue weighted by Gasteiger charge is 2.30. The van der Waals surface area contributed by atoms with E-state index in [9.17, 15) is 4.79 Å². The molecule has 30 heavy (non-hydrogen) atoms. The number of hydrogen-bond donors (Lipinski definition) is 2. The fraction of sp³-hybridized carbons (Fsp3) is 0.636. The summed E-state index contributed by atoms with van der Waals surface area (Å²) in [6, 6.07) is 8.12. The standard InChI is InChI=1S/C22H37N5O2.HI/c1-17-9-6-10-19(15-17)29-18(2)16-25-22(23-3)24-12-8-14-27-13-7-11-20(27)21(28)26(4)5;/h6,9-10,15,18,20H,7-8,11-14,16H2,1-5H3,(H2,23,24,25);1H. The highest BCUT2D eigenvalue weighted by atomic mass is 127. The molecule has 0 radical (unpaired) electrons. The van der Waals surface area contributed by atoms with Crippen molar-refractivity contribution in [2.75, 3.05) is 47.3 Å². The Morgan fingerprint density at radius 2 is 2.13 bits per heavy atom. The average molecular weight is 531 g/mol. The molecule has 1 aromatic rings. The number of amides is 1. The lowest BCUT2D eigenvalue weighted by Crippen LogP contribution is -2.44. The van der Waals surface area contributed by atoms with Gasteiger partial charge in [0.25, 0.3) is 0 Å². The van der Waals surface area contributed by atoms with Crippen LogP contribution in [0.3, 0.4) is 0 Å². The van der Waals surface area contributed by atoms with Crippen molar-refractivity contribution in [3.8, 4) is 5.75 Å². The number of nitrogens with one attached hydrogen (secondary N) is 2. The van der Waals surface area contributed by atoms with E-state index in [-0.39, 0.29) is 42.0 Å². The fourth-order valence-corrected chi connectivity index (χ4v) is 3.58. The average Bonchev–Trinajstić information content (AvgIpc) is 3.15. The van der Waals surface area contributed by atoms with E-state index < -0.39 is 0 Å². The zero-order chi connectivity index (χ0) is 21.2. The predicted molar refractivity (Wildman–Crippen MR) is 134 cm³/mol. The molecule has 0 bridgehead atoms. The highest BCUT2D eigenvalue weighted by Crippen LogP contribution is 2.18. The van der Waals surface area contributed by atoms with E-state index in [1.165, 1.54) is 5.56 Å². The summed E-state index contributed by atoms with van der Waals surface area (Å²) < 4.78 is 5.95. The molecule has 2 unspecified atom stereocenters. The Morgan fingerprint density at radius 3 is 2.80 bits per heavy atom. The van der Waals surface area contributed by atoms with Gasteiger partial charge in [0.1, 0.15) is 11.9 Å². The number of aryl methyl sites for hydroxylation is 1. The molecule has 1 fully saturated rings. The number of benzene rings is 1. The summed E-state index contributed by atoms with van der Waals surface area (Å²) in [6.45, 7) is 7.50. The number of carbonyl (C=O) groups excluding carboxylic acids is 1. The Kier molecular flexibility index (Phi) is 12.1. The maximum atomic E-state index is 12.3. The van der Waals surface area contributed by atoms with Crippen LogP contribution in [0.5, 0.6) is 5.75 Å². The summed E-state index contributed by atoms with van der Waals surface area (Å²) >= 11 is 0. The van der Waals surface area contributed by atoms with Crippen LogP contribution >= 0.6 is 24.0 Å². The third-order valence-electron chi connectivity index (χ3n) is 5.11. The lowest BCUT2D eigenvalue weighted by molar-refractivity contribution is -0.133. The fourth-order valence-electron chi connectivity index (χ4n) is 3.58. The predicted octanol–water partition coefficient (Wildman–Crippen LogP) is 2.49. The van der Waals surface area contributed by atoms with Crippen LogP contribution in [0.4, 0.5) is 0 Å². The van der Waals surface area contributed by atoms with Crippen molar-refractivity contribution in [1.82, 2.24) is 20.4 Å². The van der Waals surface area contributed by atoms with Gasteiger partial charge >= 0.3 is 0 Å². The summed E-state index contributed by atoms with van der Waals surface area (Å²) in [4.78, 5) is 20.6. The molecule has 2 N–H and O–H groups in total. The van der Waals surface area contributed by atoms with E-state index in [2.05, 4.69) is 33.5 Å². The molecule has 170 valence electrons. The van der Waals surface area contributed by atoms with E-state index in [0.29, 0.717) is 6.54 Å². The SMILES string of the molecule is CN=C(NCCCN1CCCC1C(=O)N(C)C)NCC(C)Oc1cccc(C)c1.I. The number of nitrogens with zero attached hydrogens (tertiary/aromatic N) is 3. The van der Waals surface area contributed by atoms with Crippen molar-refractivity contribution in [2.24, 2.45) is 4.99 Å². The van der Waals surface area contributed by atoms with Crippen LogP contribution in [0.25, 0.3) is 0 Å². The molecule has 0 aromatic heterocycles. The molecule has 0 aliphatic carbocycles. The quantitative estimate of drug-likeness (QED) is 0.222. The van der Waals surface area contributed by atoms with Crippen LogP contribution in [0, 0.1) is 6.92 Å². The van der Waals surface area contributed by atoms with E-state index >= 15 is 0 Å². The lowest BCUT2D eigenvalue weighted by Gasteiger charge is -2.26. The van der Waals surface area contributed by atoms with Crippen molar-refractivity contribution < 1.29 is 9.53 Å². The molecule has 0 saturated carbocycles. The smallest absolute Gasteiger partial charge is 0.239 e. The first-order chi connectivity index (χ1) is 13.9. The summed E-state index contributed by atoms with van der Waals surface area (Å²) in [5.74, 6) is 1.87. The molecule has 2 atom stereocenters. The second-order valence-corrected chi connectivity index (χ2v) is 7.91. The van der Waals surface area contributed by atoms with Crippen LogP contribution < -0.4 is 15.4 Å². The first-order valence-electron chi connectivity index (χ1n) is 10.5. The minimum Gasteiger partial charge on any atom is -0.489 e. The summed E-state index contributed by atoms with van der Waals surface area (Å²) in [5, 5.41) is 6.66. The van der Waals surface area contributed by atoms with E-state index in [1.807, 2.05) is 39.2 Å². The second kappa shape index (κ2) is 13.7. The largest absolute Gasteiger partial charge is 0.489 e. The van der Waals surface area contributed by atoms with Gasteiger partial charge in [0.15, 0.2) is 5.96 Å². The van der Waals surface area contributed by atoms with Gasteiger partial charge in [-0.05, 0) is 57.4 Å². The van der Waals surface area contributed by atoms with Crippen molar-refractivity contribution in [3.05, 3.63) is 29.8 Å². The molecular formula is C22H38IN5O2. The van der Waals surface area contributed by atoms with Crippen LogP contribution in [-0.2, 0) is 4.79 Å².